The maximum Gasteiger partial charge on any atom is 0.152 e. The smallest absolute Gasteiger partial charge is 0.152 e. The predicted molar refractivity (Wildman–Crippen MR) is 76.7 cm³/mol. The molecule has 0 heterocycles. The van der Waals surface area contributed by atoms with Crippen molar-refractivity contribution >= 4 is 23.6 Å². The molecule has 1 aliphatic carbocycles. The molecule has 98 valence electrons. The quantitative estimate of drug-likeness (QED) is 0.720. The van der Waals surface area contributed by atoms with E-state index in [0.717, 1.165) is 24.9 Å². The Balaban J connectivity index is 2.27. The number of rotatable bonds is 6. The Morgan fingerprint density at radius 2 is 2.17 bits per heavy atom. The van der Waals surface area contributed by atoms with E-state index in [4.69, 9.17) is 11.6 Å². The van der Waals surface area contributed by atoms with Crippen LogP contribution in [0, 0.1) is 5.92 Å². The summed E-state index contributed by atoms with van der Waals surface area (Å²) in [5.41, 5.74) is 1.63. The fourth-order valence-corrected chi connectivity index (χ4v) is 2.48. The van der Waals surface area contributed by atoms with Gasteiger partial charge in [0.15, 0.2) is 6.29 Å². The average molecular weight is 266 g/mol. The van der Waals surface area contributed by atoms with Gasteiger partial charge in [0.2, 0.25) is 0 Å². The normalized spacial score (nSPS) is 14.9. The van der Waals surface area contributed by atoms with Gasteiger partial charge in [-0.05, 0) is 37.3 Å². The molecular weight excluding hydrogens is 246 g/mol. The molecule has 0 aliphatic heterocycles. The van der Waals surface area contributed by atoms with Crippen molar-refractivity contribution in [1.29, 1.82) is 0 Å². The highest BCUT2D eigenvalue weighted by Gasteiger charge is 2.31. The van der Waals surface area contributed by atoms with Gasteiger partial charge in [0.1, 0.15) is 0 Å². The van der Waals surface area contributed by atoms with Crippen LogP contribution in [-0.2, 0) is 0 Å². The van der Waals surface area contributed by atoms with Gasteiger partial charge in [0.25, 0.3) is 0 Å². The lowest BCUT2D eigenvalue weighted by atomic mass is 10.1. The van der Waals surface area contributed by atoms with E-state index in [1.807, 2.05) is 18.2 Å². The molecule has 0 atom stereocenters. The third-order valence-corrected chi connectivity index (χ3v) is 3.67. The summed E-state index contributed by atoms with van der Waals surface area (Å²) >= 11 is 6.29. The second kappa shape index (κ2) is 5.75. The van der Waals surface area contributed by atoms with Gasteiger partial charge >= 0.3 is 0 Å². The van der Waals surface area contributed by atoms with Gasteiger partial charge in [-0.3, -0.25) is 4.79 Å². The van der Waals surface area contributed by atoms with Crippen LogP contribution in [0.1, 0.15) is 43.5 Å². The lowest BCUT2D eigenvalue weighted by Gasteiger charge is -2.27. The van der Waals surface area contributed by atoms with Gasteiger partial charge in [0, 0.05) is 18.2 Å². The molecule has 0 unspecified atom stereocenters. The molecule has 0 amide bonds. The topological polar surface area (TPSA) is 20.3 Å². The van der Waals surface area contributed by atoms with Crippen molar-refractivity contribution in [1.82, 2.24) is 0 Å². The summed E-state index contributed by atoms with van der Waals surface area (Å²) < 4.78 is 0. The average Bonchev–Trinajstić information content (AvgIpc) is 3.15. The molecule has 3 heteroatoms. The lowest BCUT2D eigenvalue weighted by molar-refractivity contribution is 0.112. The molecule has 0 N–H and O–H groups in total. The molecule has 1 aromatic carbocycles. The zero-order valence-corrected chi connectivity index (χ0v) is 11.8. The van der Waals surface area contributed by atoms with Gasteiger partial charge in [-0.2, -0.15) is 0 Å². The Morgan fingerprint density at radius 3 is 2.72 bits per heavy atom. The van der Waals surface area contributed by atoms with Gasteiger partial charge in [0.05, 0.1) is 10.7 Å². The first-order valence-corrected chi connectivity index (χ1v) is 7.01. The molecule has 1 aromatic rings. The van der Waals surface area contributed by atoms with E-state index in [1.54, 1.807) is 0 Å². The van der Waals surface area contributed by atoms with Gasteiger partial charge in [-0.25, -0.2) is 0 Å². The van der Waals surface area contributed by atoms with Crippen LogP contribution in [0.3, 0.4) is 0 Å². The number of para-hydroxylation sites is 1. The Labute approximate surface area is 114 Å². The summed E-state index contributed by atoms with van der Waals surface area (Å²) in [6.45, 7) is 5.42. The third-order valence-electron chi connectivity index (χ3n) is 3.37. The zero-order valence-electron chi connectivity index (χ0n) is 11.0. The third kappa shape index (κ3) is 3.05. The molecule has 1 saturated carbocycles. The molecule has 0 radical (unpaired) electrons. The standard InChI is InChI=1S/C15H20ClNO/c1-11(2)8-9-17(13-6-7-13)15-12(10-18)4-3-5-14(15)16/h3-5,10-11,13H,6-9H2,1-2H3. The van der Waals surface area contributed by atoms with E-state index < -0.39 is 0 Å². The summed E-state index contributed by atoms with van der Waals surface area (Å²) in [4.78, 5) is 13.5. The minimum atomic E-state index is 0.572. The summed E-state index contributed by atoms with van der Waals surface area (Å²) in [6, 6.07) is 6.12. The van der Waals surface area contributed by atoms with Crippen molar-refractivity contribution in [3.63, 3.8) is 0 Å². The number of hydrogen-bond donors (Lipinski definition) is 0. The van der Waals surface area contributed by atoms with Crippen molar-refractivity contribution in [2.45, 2.75) is 39.2 Å². The number of benzene rings is 1. The molecule has 0 bridgehead atoms. The Morgan fingerprint density at radius 1 is 1.44 bits per heavy atom. The summed E-state index contributed by atoms with van der Waals surface area (Å²) in [5, 5.41) is 0.690. The lowest BCUT2D eigenvalue weighted by Crippen LogP contribution is -2.29. The molecular formula is C15H20ClNO. The van der Waals surface area contributed by atoms with E-state index >= 15 is 0 Å². The largest absolute Gasteiger partial charge is 0.367 e. The highest BCUT2D eigenvalue weighted by atomic mass is 35.5. The Hall–Kier alpha value is -1.02. The second-order valence-corrected chi connectivity index (χ2v) is 5.81. The summed E-state index contributed by atoms with van der Waals surface area (Å²) in [7, 11) is 0. The van der Waals surface area contributed by atoms with Crippen molar-refractivity contribution < 1.29 is 4.79 Å². The van der Waals surface area contributed by atoms with Gasteiger partial charge in [-0.15, -0.1) is 0 Å². The molecule has 2 rings (SSSR count). The van der Waals surface area contributed by atoms with Crippen LogP contribution in [0.4, 0.5) is 5.69 Å². The first-order valence-electron chi connectivity index (χ1n) is 6.63. The molecule has 1 fully saturated rings. The first-order chi connectivity index (χ1) is 8.63. The van der Waals surface area contributed by atoms with E-state index in [-0.39, 0.29) is 0 Å². The molecule has 18 heavy (non-hydrogen) atoms. The van der Waals surface area contributed by atoms with Gasteiger partial charge in [-0.1, -0.05) is 31.5 Å². The number of carbonyl (C=O) groups is 1. The van der Waals surface area contributed by atoms with Crippen LogP contribution < -0.4 is 4.90 Å². The number of carbonyl (C=O) groups excluding carboxylic acids is 1. The highest BCUT2D eigenvalue weighted by Crippen LogP contribution is 2.37. The molecule has 0 aromatic heterocycles. The monoisotopic (exact) mass is 265 g/mol. The maximum atomic E-state index is 11.2. The minimum Gasteiger partial charge on any atom is -0.367 e. The number of anilines is 1. The number of aldehydes is 1. The van der Waals surface area contributed by atoms with E-state index in [0.29, 0.717) is 22.5 Å². The number of nitrogens with zero attached hydrogens (tertiary/aromatic N) is 1. The first kappa shape index (κ1) is 13.4. The van der Waals surface area contributed by atoms with Gasteiger partial charge < -0.3 is 4.90 Å². The van der Waals surface area contributed by atoms with E-state index in [2.05, 4.69) is 18.7 Å². The van der Waals surface area contributed by atoms with E-state index in [9.17, 15) is 4.79 Å². The molecule has 2 nitrogen and oxygen atoms in total. The Kier molecular flexibility index (Phi) is 4.28. The summed E-state index contributed by atoms with van der Waals surface area (Å²) in [6.07, 6.45) is 4.45. The van der Waals surface area contributed by atoms with Crippen LogP contribution in [0.25, 0.3) is 0 Å². The predicted octanol–water partition coefficient (Wildman–Crippen LogP) is 4.17. The number of halogens is 1. The molecule has 0 spiro atoms. The maximum absolute atomic E-state index is 11.2. The van der Waals surface area contributed by atoms with Crippen molar-refractivity contribution in [3.05, 3.63) is 28.8 Å². The highest BCUT2D eigenvalue weighted by molar-refractivity contribution is 6.34. The van der Waals surface area contributed by atoms with Crippen LogP contribution in [0.2, 0.25) is 5.02 Å². The molecule has 0 saturated heterocycles. The SMILES string of the molecule is CC(C)CCN(c1c(Cl)cccc1C=O)C1CC1. The van der Waals surface area contributed by atoms with Crippen molar-refractivity contribution in [3.8, 4) is 0 Å². The van der Waals surface area contributed by atoms with Crippen LogP contribution in [0.5, 0.6) is 0 Å². The fraction of sp³-hybridized carbons (Fsp3) is 0.533. The zero-order chi connectivity index (χ0) is 13.1. The van der Waals surface area contributed by atoms with Crippen LogP contribution in [-0.4, -0.2) is 18.9 Å². The Bertz CT molecular complexity index is 427. The van der Waals surface area contributed by atoms with Crippen LogP contribution in [0.15, 0.2) is 18.2 Å². The second-order valence-electron chi connectivity index (χ2n) is 5.40. The van der Waals surface area contributed by atoms with Crippen LogP contribution >= 0.6 is 11.6 Å². The van der Waals surface area contributed by atoms with E-state index in [1.165, 1.54) is 12.8 Å². The molecule has 1 aliphatic rings. The van der Waals surface area contributed by atoms with Crippen molar-refractivity contribution in [2.75, 3.05) is 11.4 Å². The number of hydrogen-bond acceptors (Lipinski definition) is 2. The fourth-order valence-electron chi connectivity index (χ4n) is 2.19. The van der Waals surface area contributed by atoms with Crippen molar-refractivity contribution in [2.24, 2.45) is 5.92 Å². The minimum absolute atomic E-state index is 0.572. The summed E-state index contributed by atoms with van der Waals surface area (Å²) in [5.74, 6) is 0.661.